The van der Waals surface area contributed by atoms with Crippen LogP contribution in [0.15, 0.2) is 26.5 Å². The van der Waals surface area contributed by atoms with Gasteiger partial charge in [0.15, 0.2) is 4.34 Å². The molecule has 4 rings (SSSR count). The molecule has 138 valence electrons. The SMILES string of the molecule is CC(O)[C@H]1C(=O)N2C(C(=O)O)=C(Sc3nc(C4=CNCC4)cs3)[C@H](C)[C@H]12. The average Bonchev–Trinajstić information content (AvgIpc) is 3.28. The highest BCUT2D eigenvalue weighted by atomic mass is 32.2. The van der Waals surface area contributed by atoms with E-state index in [1.54, 1.807) is 6.92 Å². The molecule has 26 heavy (non-hydrogen) atoms. The molecule has 3 aliphatic heterocycles. The van der Waals surface area contributed by atoms with E-state index in [-0.39, 0.29) is 23.6 Å². The molecule has 1 aromatic heterocycles. The van der Waals surface area contributed by atoms with E-state index in [1.807, 2.05) is 18.5 Å². The predicted molar refractivity (Wildman–Crippen MR) is 98.2 cm³/mol. The molecule has 4 atom stereocenters. The standard InChI is InChI=1S/C17H19N3O4S2/c1-7-12-11(8(2)21)15(22)20(12)13(16(23)24)14(7)26-17-19-10(6-25-17)9-3-4-18-5-9/h5-8,11-12,18,21H,3-4H2,1-2H3,(H,23,24)/t7-,8?,11-,12-/m1/s1. The molecule has 3 N–H and O–H groups in total. The van der Waals surface area contributed by atoms with Gasteiger partial charge in [-0.05, 0) is 18.9 Å². The Balaban J connectivity index is 1.63. The van der Waals surface area contributed by atoms with Crippen LogP contribution >= 0.6 is 23.1 Å². The molecule has 3 aliphatic rings. The number of hydrogen-bond donors (Lipinski definition) is 3. The Morgan fingerprint density at radius 3 is 2.92 bits per heavy atom. The number of hydrogen-bond acceptors (Lipinski definition) is 7. The van der Waals surface area contributed by atoms with Crippen LogP contribution in [0.2, 0.25) is 0 Å². The second-order valence-electron chi connectivity index (χ2n) is 6.75. The van der Waals surface area contributed by atoms with Crippen molar-refractivity contribution < 1.29 is 19.8 Å². The van der Waals surface area contributed by atoms with Crippen molar-refractivity contribution in [2.45, 2.75) is 36.8 Å². The summed E-state index contributed by atoms with van der Waals surface area (Å²) in [5, 5.41) is 24.7. The van der Waals surface area contributed by atoms with E-state index in [9.17, 15) is 19.8 Å². The minimum Gasteiger partial charge on any atom is -0.477 e. The number of aliphatic hydroxyl groups is 1. The number of carboxylic acids is 1. The maximum atomic E-state index is 12.4. The van der Waals surface area contributed by atoms with Crippen molar-refractivity contribution in [1.29, 1.82) is 0 Å². The van der Waals surface area contributed by atoms with Crippen LogP contribution in [-0.4, -0.2) is 50.7 Å². The number of fused-ring (bicyclic) bond motifs is 1. The Kier molecular flexibility index (Phi) is 4.32. The molecule has 4 heterocycles. The highest BCUT2D eigenvalue weighted by Gasteiger charge is 2.60. The van der Waals surface area contributed by atoms with Crippen LogP contribution in [0.25, 0.3) is 5.57 Å². The van der Waals surface area contributed by atoms with Crippen molar-refractivity contribution in [2.24, 2.45) is 11.8 Å². The topological polar surface area (TPSA) is 103 Å². The lowest BCUT2D eigenvalue weighted by atomic mass is 9.79. The van der Waals surface area contributed by atoms with E-state index >= 15 is 0 Å². The normalized spacial score (nSPS) is 28.6. The van der Waals surface area contributed by atoms with Gasteiger partial charge in [0, 0.05) is 28.9 Å². The zero-order chi connectivity index (χ0) is 18.6. The summed E-state index contributed by atoms with van der Waals surface area (Å²) in [6.45, 7) is 4.39. The molecule has 0 aliphatic carbocycles. The highest BCUT2D eigenvalue weighted by Crippen LogP contribution is 2.52. The molecular weight excluding hydrogens is 374 g/mol. The number of β-lactam (4-membered cyclic amide) rings is 1. The number of thiazole rings is 1. The first-order valence-corrected chi connectivity index (χ1v) is 10.1. The molecule has 1 saturated heterocycles. The average molecular weight is 393 g/mol. The molecule has 1 unspecified atom stereocenters. The fraction of sp³-hybridized carbons (Fsp3) is 0.471. The number of amides is 1. The highest BCUT2D eigenvalue weighted by molar-refractivity contribution is 8.04. The van der Waals surface area contributed by atoms with Crippen LogP contribution in [0.1, 0.15) is 26.0 Å². The molecule has 0 saturated carbocycles. The number of carbonyl (C=O) groups excluding carboxylic acids is 1. The number of carbonyl (C=O) groups is 2. The molecule has 1 fully saturated rings. The molecule has 0 aromatic carbocycles. The van der Waals surface area contributed by atoms with Gasteiger partial charge in [0.2, 0.25) is 5.91 Å². The van der Waals surface area contributed by atoms with Gasteiger partial charge in [-0.2, -0.15) is 0 Å². The first kappa shape index (κ1) is 17.6. The molecule has 7 nitrogen and oxygen atoms in total. The number of nitrogens with one attached hydrogen (secondary N) is 1. The number of carboxylic acid groups (broad SMARTS) is 1. The van der Waals surface area contributed by atoms with Crippen molar-refractivity contribution in [1.82, 2.24) is 15.2 Å². The van der Waals surface area contributed by atoms with Crippen molar-refractivity contribution in [3.05, 3.63) is 27.9 Å². The Morgan fingerprint density at radius 1 is 1.54 bits per heavy atom. The quantitative estimate of drug-likeness (QED) is 0.655. The molecule has 0 radical (unpaired) electrons. The van der Waals surface area contributed by atoms with E-state index in [0.717, 1.165) is 28.6 Å². The summed E-state index contributed by atoms with van der Waals surface area (Å²) in [7, 11) is 0. The molecule has 1 amide bonds. The van der Waals surface area contributed by atoms with Gasteiger partial charge in [-0.1, -0.05) is 18.7 Å². The van der Waals surface area contributed by atoms with Gasteiger partial charge in [0.25, 0.3) is 0 Å². The number of aliphatic carboxylic acids is 1. The minimum absolute atomic E-state index is 0.0351. The second-order valence-corrected chi connectivity index (χ2v) is 8.89. The van der Waals surface area contributed by atoms with Gasteiger partial charge in [-0.25, -0.2) is 9.78 Å². The van der Waals surface area contributed by atoms with Crippen LogP contribution in [0.3, 0.4) is 0 Å². The largest absolute Gasteiger partial charge is 0.477 e. The molecule has 0 spiro atoms. The maximum absolute atomic E-state index is 12.4. The van der Waals surface area contributed by atoms with Gasteiger partial charge in [0.1, 0.15) is 5.70 Å². The number of nitrogens with zero attached hydrogens (tertiary/aromatic N) is 2. The monoisotopic (exact) mass is 393 g/mol. The van der Waals surface area contributed by atoms with E-state index in [4.69, 9.17) is 0 Å². The number of aromatic nitrogens is 1. The van der Waals surface area contributed by atoms with Crippen LogP contribution in [0.5, 0.6) is 0 Å². The number of thioether (sulfide) groups is 1. The molecule has 1 aromatic rings. The summed E-state index contributed by atoms with van der Waals surface area (Å²) in [4.78, 5) is 30.8. The lowest BCUT2D eigenvalue weighted by molar-refractivity contribution is -0.163. The van der Waals surface area contributed by atoms with Crippen molar-refractivity contribution in [2.75, 3.05) is 6.54 Å². The van der Waals surface area contributed by atoms with Crippen LogP contribution < -0.4 is 5.32 Å². The van der Waals surface area contributed by atoms with Gasteiger partial charge >= 0.3 is 5.97 Å². The zero-order valence-corrected chi connectivity index (χ0v) is 15.9. The van der Waals surface area contributed by atoms with Gasteiger partial charge in [-0.15, -0.1) is 11.3 Å². The fourth-order valence-electron chi connectivity index (χ4n) is 3.88. The third-order valence-corrected chi connectivity index (χ3v) is 7.36. The van der Waals surface area contributed by atoms with E-state index in [2.05, 4.69) is 10.3 Å². The van der Waals surface area contributed by atoms with Crippen molar-refractivity contribution in [3.63, 3.8) is 0 Å². The first-order chi connectivity index (χ1) is 12.4. The summed E-state index contributed by atoms with van der Waals surface area (Å²) in [5.74, 6) is -2.12. The van der Waals surface area contributed by atoms with Crippen LogP contribution in [-0.2, 0) is 9.59 Å². The van der Waals surface area contributed by atoms with Crippen molar-refractivity contribution in [3.8, 4) is 0 Å². The maximum Gasteiger partial charge on any atom is 0.353 e. The van der Waals surface area contributed by atoms with Crippen LogP contribution in [0, 0.1) is 11.8 Å². The Hall–Kier alpha value is -1.84. The van der Waals surface area contributed by atoms with Crippen LogP contribution in [0.4, 0.5) is 0 Å². The summed E-state index contributed by atoms with van der Waals surface area (Å²) in [6, 6.07) is -0.294. The second kappa shape index (κ2) is 6.40. The fourth-order valence-corrected chi connectivity index (χ4v) is 5.99. The number of rotatable bonds is 5. The Labute approximate surface area is 158 Å². The molecule has 9 heteroatoms. The Bertz CT molecular complexity index is 845. The third-order valence-electron chi connectivity index (χ3n) is 5.14. The smallest absolute Gasteiger partial charge is 0.353 e. The van der Waals surface area contributed by atoms with Gasteiger partial charge in [0.05, 0.1) is 23.8 Å². The summed E-state index contributed by atoms with van der Waals surface area (Å²) >= 11 is 2.79. The first-order valence-electron chi connectivity index (χ1n) is 8.45. The van der Waals surface area contributed by atoms with E-state index < -0.39 is 18.0 Å². The van der Waals surface area contributed by atoms with E-state index in [0.29, 0.717) is 4.91 Å². The minimum atomic E-state index is -1.11. The van der Waals surface area contributed by atoms with Gasteiger partial charge in [-0.3, -0.25) is 4.79 Å². The zero-order valence-electron chi connectivity index (χ0n) is 14.3. The number of aliphatic hydroxyl groups excluding tert-OH is 1. The van der Waals surface area contributed by atoms with E-state index in [1.165, 1.54) is 28.0 Å². The summed E-state index contributed by atoms with van der Waals surface area (Å²) < 4.78 is 0.761. The Morgan fingerprint density at radius 2 is 2.31 bits per heavy atom. The van der Waals surface area contributed by atoms with Gasteiger partial charge < -0.3 is 20.4 Å². The lowest BCUT2D eigenvalue weighted by Gasteiger charge is -2.46. The summed E-state index contributed by atoms with van der Waals surface area (Å²) in [5.41, 5.74) is 2.09. The molecule has 0 bridgehead atoms. The molecular formula is C17H19N3O4S2. The van der Waals surface area contributed by atoms with Crippen molar-refractivity contribution >= 4 is 40.5 Å². The summed E-state index contributed by atoms with van der Waals surface area (Å²) in [6.07, 6.45) is 2.09. The predicted octanol–water partition coefficient (Wildman–Crippen LogP) is 1.72. The third kappa shape index (κ3) is 2.57. The lowest BCUT2D eigenvalue weighted by Crippen LogP contribution is -2.63.